The van der Waals surface area contributed by atoms with Crippen LogP contribution >= 0.6 is 34.8 Å². The molecule has 44 heavy (non-hydrogen) atoms. The maximum Gasteiger partial charge on any atom is 0.349 e. The molecule has 0 aromatic heterocycles. The number of esters is 2. The lowest BCUT2D eigenvalue weighted by atomic mass is 10.00. The van der Waals surface area contributed by atoms with E-state index in [1.807, 2.05) is 20.8 Å². The standard InChI is InChI=1S/C32H47Cl3O9/c1-22(36)13-11-9-7-5-6-8-10-12-14-27-30(44-32(2,3)43-27)26(41-21-40-18-17-39-4)15-16-28(37)42-31(38)29-24(34)19-23(33)20-25(29)35/h15-16,19-20,22,26-27,30,36H,5-14,17-18,21H2,1-4H3/b16-15+/t22-,26+,27+,30+/m0/s1. The molecule has 1 saturated heterocycles. The van der Waals surface area contributed by atoms with Crippen molar-refractivity contribution in [3.63, 3.8) is 0 Å². The van der Waals surface area contributed by atoms with Gasteiger partial charge >= 0.3 is 11.9 Å². The minimum absolute atomic E-state index is 0.0343. The molecule has 0 bridgehead atoms. The summed E-state index contributed by atoms with van der Waals surface area (Å²) >= 11 is 18.1. The van der Waals surface area contributed by atoms with Crippen molar-refractivity contribution in [2.75, 3.05) is 27.1 Å². The molecule has 0 unspecified atom stereocenters. The van der Waals surface area contributed by atoms with Gasteiger partial charge in [0.2, 0.25) is 0 Å². The summed E-state index contributed by atoms with van der Waals surface area (Å²) in [6, 6.07) is 2.67. The van der Waals surface area contributed by atoms with Gasteiger partial charge < -0.3 is 33.5 Å². The molecule has 2 rings (SSSR count). The number of hydrogen-bond donors (Lipinski definition) is 1. The van der Waals surface area contributed by atoms with Gasteiger partial charge in [0.15, 0.2) is 5.79 Å². The number of carbonyl (C=O) groups is 2. The number of hydrogen-bond acceptors (Lipinski definition) is 9. The zero-order valence-electron chi connectivity index (χ0n) is 26.2. The number of ether oxygens (including phenoxy) is 6. The van der Waals surface area contributed by atoms with Crippen LogP contribution in [-0.2, 0) is 33.2 Å². The predicted octanol–water partition coefficient (Wildman–Crippen LogP) is 7.69. The second kappa shape index (κ2) is 20.8. The van der Waals surface area contributed by atoms with E-state index >= 15 is 0 Å². The van der Waals surface area contributed by atoms with E-state index in [2.05, 4.69) is 0 Å². The molecule has 1 aliphatic rings. The third-order valence-corrected chi connectivity index (χ3v) is 7.82. The first-order chi connectivity index (χ1) is 20.9. The molecule has 9 nitrogen and oxygen atoms in total. The van der Waals surface area contributed by atoms with Gasteiger partial charge in [0.25, 0.3) is 0 Å². The van der Waals surface area contributed by atoms with E-state index in [4.69, 9.17) is 63.2 Å². The number of aliphatic hydroxyl groups is 1. The molecule has 0 saturated carbocycles. The van der Waals surface area contributed by atoms with Gasteiger partial charge in [0.05, 0.1) is 41.0 Å². The molecule has 4 atom stereocenters. The summed E-state index contributed by atoms with van der Waals surface area (Å²) in [6.45, 7) is 6.14. The third kappa shape index (κ3) is 14.9. The Bertz CT molecular complexity index is 1020. The number of carbonyl (C=O) groups excluding carboxylic acids is 2. The van der Waals surface area contributed by atoms with Crippen molar-refractivity contribution >= 4 is 46.7 Å². The molecule has 0 radical (unpaired) electrons. The second-order valence-corrected chi connectivity index (χ2v) is 12.6. The summed E-state index contributed by atoms with van der Waals surface area (Å²) in [4.78, 5) is 25.2. The Morgan fingerprint density at radius 1 is 0.977 bits per heavy atom. The maximum atomic E-state index is 12.6. The highest BCUT2D eigenvalue weighted by Gasteiger charge is 2.44. The minimum Gasteiger partial charge on any atom is -0.393 e. The van der Waals surface area contributed by atoms with E-state index in [0.717, 1.165) is 51.0 Å². The lowest BCUT2D eigenvalue weighted by Gasteiger charge is -2.24. The summed E-state index contributed by atoms with van der Waals surface area (Å²) in [5.41, 5.74) is -0.163. The van der Waals surface area contributed by atoms with Crippen LogP contribution in [0, 0.1) is 0 Å². The van der Waals surface area contributed by atoms with Crippen LogP contribution in [-0.4, -0.2) is 74.4 Å². The summed E-state index contributed by atoms with van der Waals surface area (Å²) in [5.74, 6) is -2.80. The fourth-order valence-electron chi connectivity index (χ4n) is 4.89. The number of methoxy groups -OCH3 is 1. The molecular weight excluding hydrogens is 635 g/mol. The smallest absolute Gasteiger partial charge is 0.349 e. The van der Waals surface area contributed by atoms with Crippen molar-refractivity contribution in [2.24, 2.45) is 0 Å². The first-order valence-electron chi connectivity index (χ1n) is 15.2. The lowest BCUT2D eigenvalue weighted by molar-refractivity contribution is -0.166. The average Bonchev–Trinajstić information content (AvgIpc) is 3.24. The van der Waals surface area contributed by atoms with Crippen LogP contribution in [0.4, 0.5) is 0 Å². The highest BCUT2D eigenvalue weighted by Crippen LogP contribution is 2.34. The second-order valence-electron chi connectivity index (χ2n) is 11.4. The van der Waals surface area contributed by atoms with Crippen molar-refractivity contribution in [1.82, 2.24) is 0 Å². The number of unbranched alkanes of at least 4 members (excludes halogenated alkanes) is 7. The zero-order valence-corrected chi connectivity index (χ0v) is 28.4. The first kappa shape index (κ1) is 38.9. The van der Waals surface area contributed by atoms with Crippen LogP contribution in [0.2, 0.25) is 15.1 Å². The third-order valence-electron chi connectivity index (χ3n) is 7.01. The topological polar surface area (TPSA) is 110 Å². The Kier molecular flexibility index (Phi) is 18.4. The van der Waals surface area contributed by atoms with Crippen LogP contribution < -0.4 is 0 Å². The van der Waals surface area contributed by atoms with Gasteiger partial charge in [-0.3, -0.25) is 0 Å². The Labute approximate surface area is 276 Å². The number of benzene rings is 1. The van der Waals surface area contributed by atoms with Gasteiger partial charge in [-0.1, -0.05) is 86.2 Å². The Balaban J connectivity index is 1.97. The van der Waals surface area contributed by atoms with Crippen LogP contribution in [0.25, 0.3) is 0 Å². The highest BCUT2D eigenvalue weighted by atomic mass is 35.5. The molecule has 12 heteroatoms. The molecule has 0 amide bonds. The van der Waals surface area contributed by atoms with Gasteiger partial charge in [0, 0.05) is 18.2 Å². The van der Waals surface area contributed by atoms with Crippen LogP contribution in [0.15, 0.2) is 24.3 Å². The molecule has 1 fully saturated rings. The average molecular weight is 682 g/mol. The largest absolute Gasteiger partial charge is 0.393 e. The van der Waals surface area contributed by atoms with Gasteiger partial charge in [-0.2, -0.15) is 0 Å². The van der Waals surface area contributed by atoms with Gasteiger partial charge in [0.1, 0.15) is 19.0 Å². The SMILES string of the molecule is COCCOCO[C@H](/C=C/C(=O)OC(=O)c1c(Cl)cc(Cl)cc1Cl)[C@H]1OC(C)(C)O[C@@H]1CCCCCCCCCC[C@H](C)O. The normalized spacial score (nSPS) is 19.4. The summed E-state index contributed by atoms with van der Waals surface area (Å²) in [7, 11) is 1.57. The molecule has 1 heterocycles. The van der Waals surface area contributed by atoms with E-state index in [0.29, 0.717) is 13.2 Å². The molecular formula is C32H47Cl3O9. The molecule has 1 aromatic carbocycles. The fraction of sp³-hybridized carbons (Fsp3) is 0.688. The van der Waals surface area contributed by atoms with Crippen LogP contribution in [0.1, 0.15) is 95.3 Å². The Hall–Kier alpha value is -1.27. The maximum absolute atomic E-state index is 12.6. The van der Waals surface area contributed by atoms with Crippen molar-refractivity contribution in [1.29, 1.82) is 0 Å². The summed E-state index contributed by atoms with van der Waals surface area (Å²) in [6.07, 6.45) is 11.3. The first-order valence-corrected chi connectivity index (χ1v) is 16.4. The fourth-order valence-corrected chi connectivity index (χ4v) is 5.86. The number of rotatable bonds is 21. The molecule has 0 spiro atoms. The van der Waals surface area contributed by atoms with E-state index in [9.17, 15) is 14.7 Å². The summed E-state index contributed by atoms with van der Waals surface area (Å²) < 4.78 is 33.8. The van der Waals surface area contributed by atoms with E-state index in [-0.39, 0.29) is 39.6 Å². The lowest BCUT2D eigenvalue weighted by Crippen LogP contribution is -2.37. The number of halogens is 3. The minimum atomic E-state index is -1.01. The van der Waals surface area contributed by atoms with Crippen LogP contribution in [0.3, 0.4) is 0 Å². The van der Waals surface area contributed by atoms with Crippen molar-refractivity contribution < 1.29 is 43.1 Å². The van der Waals surface area contributed by atoms with Gasteiger partial charge in [-0.05, 0) is 51.8 Å². The quantitative estimate of drug-likeness (QED) is 0.0459. The van der Waals surface area contributed by atoms with Crippen LogP contribution in [0.5, 0.6) is 0 Å². The molecule has 1 aliphatic heterocycles. The molecule has 1 N–H and O–H groups in total. The molecule has 0 aliphatic carbocycles. The molecule has 250 valence electrons. The van der Waals surface area contributed by atoms with E-state index in [1.165, 1.54) is 37.5 Å². The van der Waals surface area contributed by atoms with Gasteiger partial charge in [-0.15, -0.1) is 0 Å². The Morgan fingerprint density at radius 2 is 1.59 bits per heavy atom. The van der Waals surface area contributed by atoms with Crippen molar-refractivity contribution in [2.45, 2.75) is 115 Å². The molecule has 1 aromatic rings. The monoisotopic (exact) mass is 680 g/mol. The predicted molar refractivity (Wildman–Crippen MR) is 170 cm³/mol. The van der Waals surface area contributed by atoms with Crippen molar-refractivity contribution in [3.05, 3.63) is 44.9 Å². The number of aliphatic hydroxyl groups excluding tert-OH is 1. The van der Waals surface area contributed by atoms with Gasteiger partial charge in [-0.25, -0.2) is 9.59 Å². The Morgan fingerprint density at radius 3 is 2.20 bits per heavy atom. The highest BCUT2D eigenvalue weighted by molar-refractivity contribution is 6.42. The van der Waals surface area contributed by atoms with E-state index < -0.39 is 29.9 Å². The van der Waals surface area contributed by atoms with Crippen molar-refractivity contribution in [3.8, 4) is 0 Å². The zero-order chi connectivity index (χ0) is 32.5. The van der Waals surface area contributed by atoms with E-state index in [1.54, 1.807) is 7.11 Å². The summed E-state index contributed by atoms with van der Waals surface area (Å²) in [5, 5.41) is 9.54.